The maximum atomic E-state index is 13.5. The molecule has 0 radical (unpaired) electrons. The van der Waals surface area contributed by atoms with Crippen molar-refractivity contribution in [3.05, 3.63) is 23.0 Å². The molecule has 0 aromatic carbocycles. The van der Waals surface area contributed by atoms with Crippen LogP contribution in [0.3, 0.4) is 0 Å². The van der Waals surface area contributed by atoms with Crippen LogP contribution in [0.25, 0.3) is 0 Å². The van der Waals surface area contributed by atoms with Gasteiger partial charge in [-0.25, -0.2) is 14.4 Å². The van der Waals surface area contributed by atoms with E-state index < -0.39 is 87.9 Å². The van der Waals surface area contributed by atoms with Crippen molar-refractivity contribution in [1.29, 1.82) is 0 Å². The summed E-state index contributed by atoms with van der Waals surface area (Å²) >= 11 is 0. The van der Waals surface area contributed by atoms with E-state index in [2.05, 4.69) is 0 Å². The summed E-state index contributed by atoms with van der Waals surface area (Å²) in [7, 11) is 1.07. The van der Waals surface area contributed by atoms with E-state index in [0.29, 0.717) is 5.57 Å². The molecule has 10 atom stereocenters. The minimum atomic E-state index is -2.28. The summed E-state index contributed by atoms with van der Waals surface area (Å²) in [6, 6.07) is 0. The number of aliphatic hydroxyl groups is 4. The van der Waals surface area contributed by atoms with E-state index in [0.717, 1.165) is 13.2 Å². The molecule has 2 aliphatic heterocycles. The number of methoxy groups -OCH3 is 1. The Hall–Kier alpha value is -2.80. The van der Waals surface area contributed by atoms with Crippen LogP contribution in [-0.4, -0.2) is 93.5 Å². The number of ether oxygens (including phenoxy) is 4. The summed E-state index contributed by atoms with van der Waals surface area (Å²) < 4.78 is 22.6. The van der Waals surface area contributed by atoms with Gasteiger partial charge in [0.15, 0.2) is 11.5 Å². The van der Waals surface area contributed by atoms with Gasteiger partial charge in [0.05, 0.1) is 31.3 Å². The van der Waals surface area contributed by atoms with Gasteiger partial charge in [0, 0.05) is 23.8 Å². The van der Waals surface area contributed by atoms with Gasteiger partial charge in [-0.3, -0.25) is 4.79 Å². The standard InChI is InChI=1S/C28H36O12/c1-11(25(3,4)36)7-16(30)40-19-21-27-10-38-28(21,24(35)37-6)22(33)18(32)20(27)26(5)9-14(29)17(31)12(2)13(26)8-15(27)39-23(19)34/h7,13,15,18-22,31-33,36H,8-10H2,1-6H3/b11-7-/t13-,15+,18+,19+,20+,21+,22-,26-,27+,28+/m0/s1. The van der Waals surface area contributed by atoms with E-state index in [4.69, 9.17) is 18.9 Å². The summed E-state index contributed by atoms with van der Waals surface area (Å²) in [4.78, 5) is 52.8. The van der Waals surface area contributed by atoms with Crippen molar-refractivity contribution in [1.82, 2.24) is 0 Å². The Labute approximate surface area is 230 Å². The predicted octanol–water partition coefficient (Wildman–Crippen LogP) is 0.268. The average Bonchev–Trinajstić information content (AvgIpc) is 3.17. The third-order valence-corrected chi connectivity index (χ3v) is 10.4. The van der Waals surface area contributed by atoms with Gasteiger partial charge < -0.3 is 39.4 Å². The van der Waals surface area contributed by atoms with Crippen molar-refractivity contribution in [2.75, 3.05) is 13.7 Å². The Bertz CT molecular complexity index is 1240. The van der Waals surface area contributed by atoms with Crippen molar-refractivity contribution in [3.63, 3.8) is 0 Å². The third kappa shape index (κ3) is 3.45. The smallest absolute Gasteiger partial charge is 0.348 e. The summed E-state index contributed by atoms with van der Waals surface area (Å²) in [5, 5.41) is 44.0. The first kappa shape index (κ1) is 28.7. The highest BCUT2D eigenvalue weighted by molar-refractivity contribution is 5.95. The molecule has 4 fully saturated rings. The Morgan fingerprint density at radius 2 is 1.82 bits per heavy atom. The molecule has 0 aromatic rings. The van der Waals surface area contributed by atoms with Gasteiger partial charge in [-0.2, -0.15) is 0 Å². The molecule has 2 saturated carbocycles. The normalized spacial score (nSPS) is 44.4. The van der Waals surface area contributed by atoms with Crippen LogP contribution < -0.4 is 0 Å². The van der Waals surface area contributed by atoms with E-state index in [1.165, 1.54) is 20.8 Å². The number of rotatable bonds is 4. The third-order valence-electron chi connectivity index (χ3n) is 10.4. The van der Waals surface area contributed by atoms with E-state index in [1.54, 1.807) is 13.8 Å². The molecule has 4 N–H and O–H groups in total. The van der Waals surface area contributed by atoms with Gasteiger partial charge in [0.1, 0.15) is 12.2 Å². The molecule has 220 valence electrons. The van der Waals surface area contributed by atoms with Crippen LogP contribution in [-0.2, 0) is 38.1 Å². The van der Waals surface area contributed by atoms with Crippen LogP contribution in [0.1, 0.15) is 47.5 Å². The fourth-order valence-electron chi connectivity index (χ4n) is 8.37. The zero-order valence-corrected chi connectivity index (χ0v) is 23.3. The predicted molar refractivity (Wildman–Crippen MR) is 133 cm³/mol. The highest BCUT2D eigenvalue weighted by atomic mass is 16.6. The molecule has 0 unspecified atom stereocenters. The number of esters is 3. The van der Waals surface area contributed by atoms with Gasteiger partial charge in [-0.1, -0.05) is 6.92 Å². The lowest BCUT2D eigenvalue weighted by Gasteiger charge is -2.67. The number of hydrogen-bond donors (Lipinski definition) is 4. The van der Waals surface area contributed by atoms with Crippen LogP contribution in [0.4, 0.5) is 0 Å². The largest absolute Gasteiger partial charge is 0.504 e. The summed E-state index contributed by atoms with van der Waals surface area (Å²) in [6.45, 7) is 7.54. The lowest BCUT2D eigenvalue weighted by atomic mass is 9.38. The summed E-state index contributed by atoms with van der Waals surface area (Å²) in [5.41, 5.74) is -5.43. The number of ketones is 1. The molecular weight excluding hydrogens is 528 g/mol. The summed E-state index contributed by atoms with van der Waals surface area (Å²) in [6.07, 6.45) is -5.28. The minimum absolute atomic E-state index is 0.139. The van der Waals surface area contributed by atoms with Crippen LogP contribution in [0, 0.1) is 28.6 Å². The number of carbonyl (C=O) groups is 4. The topological polar surface area (TPSA) is 186 Å². The Morgan fingerprint density at radius 1 is 1.18 bits per heavy atom. The fraction of sp³-hybridized carbons (Fsp3) is 0.714. The molecule has 2 heterocycles. The Balaban J connectivity index is 1.70. The molecule has 0 aromatic heterocycles. The zero-order chi connectivity index (χ0) is 29.7. The van der Waals surface area contributed by atoms with Crippen molar-refractivity contribution in [2.45, 2.75) is 83.1 Å². The average molecular weight is 565 g/mol. The SMILES string of the molecule is COC(=O)[C@]12OC[C@]34[C@H]([C@@H](O)[C@@H]1O)[C@@]1(C)CC(=O)C(O)=C(C)[C@@H]1C[C@H]3OC(=O)[C@H](OC(=O)/C=C(/C)C(C)(C)O)[C@@H]24. The first-order valence-electron chi connectivity index (χ1n) is 13.3. The molecule has 12 nitrogen and oxygen atoms in total. The Kier molecular flexibility index (Phi) is 6.35. The van der Waals surface area contributed by atoms with E-state index in [9.17, 15) is 39.6 Å². The molecule has 2 bridgehead atoms. The lowest BCUT2D eigenvalue weighted by molar-refractivity contribution is -0.290. The minimum Gasteiger partial charge on any atom is -0.504 e. The fourth-order valence-corrected chi connectivity index (χ4v) is 8.37. The van der Waals surface area contributed by atoms with Gasteiger partial charge in [-0.15, -0.1) is 0 Å². The molecule has 5 rings (SSSR count). The maximum Gasteiger partial charge on any atom is 0.348 e. The number of Topliss-reactive ketones (excluding diaryl/α,β-unsaturated/α-hetero) is 1. The quantitative estimate of drug-likeness (QED) is 0.208. The molecule has 40 heavy (non-hydrogen) atoms. The lowest BCUT2D eigenvalue weighted by Crippen LogP contribution is -2.79. The van der Waals surface area contributed by atoms with E-state index >= 15 is 0 Å². The number of aliphatic hydroxyl groups excluding tert-OH is 3. The molecule has 0 amide bonds. The second-order valence-electron chi connectivity index (χ2n) is 12.7. The zero-order valence-electron chi connectivity index (χ0n) is 23.3. The van der Waals surface area contributed by atoms with Crippen molar-refractivity contribution in [3.8, 4) is 0 Å². The number of hydrogen-bond acceptors (Lipinski definition) is 12. The highest BCUT2D eigenvalue weighted by Gasteiger charge is 2.85. The monoisotopic (exact) mass is 564 g/mol. The number of allylic oxidation sites excluding steroid dienone is 2. The van der Waals surface area contributed by atoms with Gasteiger partial charge >= 0.3 is 17.9 Å². The number of fused-ring (bicyclic) bond motifs is 2. The maximum absolute atomic E-state index is 13.5. The van der Waals surface area contributed by atoms with E-state index in [-0.39, 0.29) is 30.8 Å². The molecule has 2 saturated heterocycles. The molecule has 1 spiro atoms. The molecule has 12 heteroatoms. The molecular formula is C28H36O12. The van der Waals surface area contributed by atoms with Crippen LogP contribution in [0.5, 0.6) is 0 Å². The van der Waals surface area contributed by atoms with Crippen LogP contribution in [0.15, 0.2) is 23.0 Å². The molecule has 5 aliphatic rings. The van der Waals surface area contributed by atoms with Gasteiger partial charge in [0.25, 0.3) is 0 Å². The van der Waals surface area contributed by atoms with Crippen LogP contribution in [0.2, 0.25) is 0 Å². The highest BCUT2D eigenvalue weighted by Crippen LogP contribution is 2.72. The Morgan fingerprint density at radius 3 is 2.42 bits per heavy atom. The first-order valence-corrected chi connectivity index (χ1v) is 13.3. The summed E-state index contributed by atoms with van der Waals surface area (Å²) in [5.74, 6) is -6.76. The van der Waals surface area contributed by atoms with Gasteiger partial charge in [0.2, 0.25) is 11.7 Å². The van der Waals surface area contributed by atoms with Crippen LogP contribution >= 0.6 is 0 Å². The second-order valence-corrected chi connectivity index (χ2v) is 12.7. The number of carbonyl (C=O) groups excluding carboxylic acids is 4. The van der Waals surface area contributed by atoms with Crippen molar-refractivity contribution in [2.24, 2.45) is 28.6 Å². The van der Waals surface area contributed by atoms with Crippen molar-refractivity contribution < 1.29 is 58.6 Å². The molecule has 3 aliphatic carbocycles. The van der Waals surface area contributed by atoms with Gasteiger partial charge in [-0.05, 0) is 56.6 Å². The first-order chi connectivity index (χ1) is 18.5. The van der Waals surface area contributed by atoms with Crippen molar-refractivity contribution >= 4 is 23.7 Å². The second kappa shape index (κ2) is 8.85. The van der Waals surface area contributed by atoms with E-state index in [1.807, 2.05) is 0 Å².